The lowest BCUT2D eigenvalue weighted by molar-refractivity contribution is 0.598. The van der Waals surface area contributed by atoms with Crippen LogP contribution in [0.15, 0.2) is 53.7 Å². The van der Waals surface area contributed by atoms with E-state index in [-0.39, 0.29) is 4.90 Å². The monoisotopic (exact) mass is 274 g/mol. The molecule has 1 aromatic heterocycles. The number of hydrogen-bond donors (Lipinski definition) is 1. The van der Waals surface area contributed by atoms with E-state index in [1.807, 2.05) is 24.4 Å². The van der Waals surface area contributed by atoms with Crippen molar-refractivity contribution < 1.29 is 8.42 Å². The Balaban J connectivity index is 1.79. The summed E-state index contributed by atoms with van der Waals surface area (Å²) in [6.07, 6.45) is 4.74. The van der Waals surface area contributed by atoms with Crippen LogP contribution in [-0.2, 0) is 10.0 Å². The largest absolute Gasteiger partial charge is 0.264 e. The van der Waals surface area contributed by atoms with Gasteiger partial charge in [-0.15, -0.1) is 0 Å². The highest BCUT2D eigenvalue weighted by molar-refractivity contribution is 7.89. The van der Waals surface area contributed by atoms with Gasteiger partial charge in [0.05, 0.1) is 4.90 Å². The standard InChI is InChI=1S/C14H14N2O2S/c15-19(17,18)12-5-3-10(4-6-12)13-8-14(13)11-2-1-7-16-9-11/h1-7,9,13-14H,8H2,(H2,15,17,18). The van der Waals surface area contributed by atoms with Gasteiger partial charge in [-0.25, -0.2) is 13.6 Å². The van der Waals surface area contributed by atoms with Crippen LogP contribution in [0.5, 0.6) is 0 Å². The van der Waals surface area contributed by atoms with E-state index in [1.54, 1.807) is 18.3 Å². The van der Waals surface area contributed by atoms with Gasteiger partial charge >= 0.3 is 0 Å². The quantitative estimate of drug-likeness (QED) is 0.930. The Morgan fingerprint density at radius 1 is 1.05 bits per heavy atom. The fourth-order valence-corrected chi connectivity index (χ4v) is 2.95. The molecule has 0 saturated heterocycles. The van der Waals surface area contributed by atoms with Crippen molar-refractivity contribution in [3.8, 4) is 0 Å². The van der Waals surface area contributed by atoms with E-state index in [0.717, 1.165) is 12.0 Å². The van der Waals surface area contributed by atoms with Gasteiger partial charge in [0.15, 0.2) is 0 Å². The molecule has 1 fully saturated rings. The second-order valence-corrected chi connectivity index (χ2v) is 6.41. The summed E-state index contributed by atoms with van der Waals surface area (Å²) in [5.74, 6) is 0.952. The van der Waals surface area contributed by atoms with Gasteiger partial charge in [0.25, 0.3) is 0 Å². The van der Waals surface area contributed by atoms with Crippen LogP contribution in [0.25, 0.3) is 0 Å². The van der Waals surface area contributed by atoms with E-state index in [0.29, 0.717) is 11.8 Å². The number of benzene rings is 1. The maximum absolute atomic E-state index is 11.2. The van der Waals surface area contributed by atoms with Crippen molar-refractivity contribution in [3.63, 3.8) is 0 Å². The highest BCUT2D eigenvalue weighted by atomic mass is 32.2. The van der Waals surface area contributed by atoms with E-state index in [1.165, 1.54) is 5.56 Å². The number of rotatable bonds is 3. The van der Waals surface area contributed by atoms with Crippen LogP contribution in [0.3, 0.4) is 0 Å². The fraction of sp³-hybridized carbons (Fsp3) is 0.214. The second kappa shape index (κ2) is 4.43. The van der Waals surface area contributed by atoms with E-state index >= 15 is 0 Å². The molecular weight excluding hydrogens is 260 g/mol. The van der Waals surface area contributed by atoms with Gasteiger partial charge in [0, 0.05) is 12.4 Å². The molecule has 1 aliphatic rings. The predicted molar refractivity (Wildman–Crippen MR) is 72.2 cm³/mol. The zero-order chi connectivity index (χ0) is 13.5. The Morgan fingerprint density at radius 2 is 1.74 bits per heavy atom. The molecular formula is C14H14N2O2S. The molecule has 2 unspecified atom stereocenters. The molecule has 5 heteroatoms. The van der Waals surface area contributed by atoms with Crippen LogP contribution in [0.1, 0.15) is 29.4 Å². The second-order valence-electron chi connectivity index (χ2n) is 4.85. The molecule has 3 rings (SSSR count). The molecule has 1 heterocycles. The molecule has 4 nitrogen and oxygen atoms in total. The third kappa shape index (κ3) is 2.52. The average Bonchev–Trinajstić information content (AvgIpc) is 3.19. The van der Waals surface area contributed by atoms with Crippen molar-refractivity contribution in [2.75, 3.05) is 0 Å². The summed E-state index contributed by atoms with van der Waals surface area (Å²) in [7, 11) is -3.60. The summed E-state index contributed by atoms with van der Waals surface area (Å²) in [6.45, 7) is 0. The van der Waals surface area contributed by atoms with Crippen LogP contribution >= 0.6 is 0 Å². The lowest BCUT2D eigenvalue weighted by atomic mass is 10.1. The lowest BCUT2D eigenvalue weighted by Gasteiger charge is -2.03. The number of nitrogens with two attached hydrogens (primary N) is 1. The molecule has 2 aromatic rings. The SMILES string of the molecule is NS(=O)(=O)c1ccc(C2CC2c2cccnc2)cc1. The Morgan fingerprint density at radius 3 is 2.32 bits per heavy atom. The Hall–Kier alpha value is -1.72. The molecule has 0 aliphatic heterocycles. The Kier molecular flexibility index (Phi) is 2.88. The maximum Gasteiger partial charge on any atom is 0.238 e. The van der Waals surface area contributed by atoms with Crippen molar-refractivity contribution >= 4 is 10.0 Å². The first kappa shape index (κ1) is 12.3. The first-order valence-electron chi connectivity index (χ1n) is 6.08. The van der Waals surface area contributed by atoms with E-state index in [4.69, 9.17) is 5.14 Å². The number of hydrogen-bond acceptors (Lipinski definition) is 3. The Bertz CT molecular complexity index is 681. The number of aromatic nitrogens is 1. The minimum absolute atomic E-state index is 0.162. The van der Waals surface area contributed by atoms with Crippen molar-refractivity contribution in [1.29, 1.82) is 0 Å². The topological polar surface area (TPSA) is 73.1 Å². The predicted octanol–water partition coefficient (Wildman–Crippen LogP) is 2.00. The first-order chi connectivity index (χ1) is 9.05. The molecule has 0 bridgehead atoms. The van der Waals surface area contributed by atoms with Crippen molar-refractivity contribution in [2.45, 2.75) is 23.2 Å². The summed E-state index contributed by atoms with van der Waals surface area (Å²) in [5.41, 5.74) is 2.39. The van der Waals surface area contributed by atoms with Gasteiger partial charge in [-0.1, -0.05) is 18.2 Å². The minimum Gasteiger partial charge on any atom is -0.264 e. The highest BCUT2D eigenvalue weighted by Gasteiger charge is 2.39. The molecule has 0 radical (unpaired) electrons. The van der Waals surface area contributed by atoms with Gasteiger partial charge < -0.3 is 0 Å². The highest BCUT2D eigenvalue weighted by Crippen LogP contribution is 2.54. The third-order valence-corrected chi connectivity index (χ3v) is 4.47. The van der Waals surface area contributed by atoms with Crippen LogP contribution in [0, 0.1) is 0 Å². The van der Waals surface area contributed by atoms with Gasteiger partial charge in [-0.2, -0.15) is 0 Å². The van der Waals surface area contributed by atoms with Gasteiger partial charge in [-0.3, -0.25) is 4.98 Å². The maximum atomic E-state index is 11.2. The summed E-state index contributed by atoms with van der Waals surface area (Å²) >= 11 is 0. The normalized spacial score (nSPS) is 22.2. The number of primary sulfonamides is 1. The smallest absolute Gasteiger partial charge is 0.238 e. The number of nitrogens with zero attached hydrogens (tertiary/aromatic N) is 1. The molecule has 98 valence electrons. The molecule has 19 heavy (non-hydrogen) atoms. The molecule has 1 saturated carbocycles. The van der Waals surface area contributed by atoms with Gasteiger partial charge in [-0.05, 0) is 47.6 Å². The summed E-state index contributed by atoms with van der Waals surface area (Å²) < 4.78 is 22.4. The molecule has 0 amide bonds. The molecule has 1 aliphatic carbocycles. The number of pyridine rings is 1. The lowest BCUT2D eigenvalue weighted by Crippen LogP contribution is -2.11. The van der Waals surface area contributed by atoms with E-state index in [9.17, 15) is 8.42 Å². The molecule has 0 spiro atoms. The molecule has 2 N–H and O–H groups in total. The van der Waals surface area contributed by atoms with Crippen LogP contribution < -0.4 is 5.14 Å². The van der Waals surface area contributed by atoms with Crippen LogP contribution in [-0.4, -0.2) is 13.4 Å². The summed E-state index contributed by atoms with van der Waals surface area (Å²) in [5, 5.41) is 5.08. The van der Waals surface area contributed by atoms with Crippen molar-refractivity contribution in [1.82, 2.24) is 4.98 Å². The van der Waals surface area contributed by atoms with Crippen LogP contribution in [0.2, 0.25) is 0 Å². The number of sulfonamides is 1. The minimum atomic E-state index is -3.60. The Labute approximate surface area is 112 Å². The van der Waals surface area contributed by atoms with Crippen LogP contribution in [0.4, 0.5) is 0 Å². The van der Waals surface area contributed by atoms with Crippen molar-refractivity contribution in [3.05, 3.63) is 59.9 Å². The third-order valence-electron chi connectivity index (χ3n) is 3.54. The fourth-order valence-electron chi connectivity index (χ4n) is 2.43. The zero-order valence-electron chi connectivity index (χ0n) is 10.2. The van der Waals surface area contributed by atoms with E-state index < -0.39 is 10.0 Å². The summed E-state index contributed by atoms with van der Waals surface area (Å²) in [4.78, 5) is 4.29. The van der Waals surface area contributed by atoms with E-state index in [2.05, 4.69) is 11.1 Å². The van der Waals surface area contributed by atoms with Gasteiger partial charge in [0.1, 0.15) is 0 Å². The summed E-state index contributed by atoms with van der Waals surface area (Å²) in [6, 6.07) is 10.9. The average molecular weight is 274 g/mol. The molecule has 2 atom stereocenters. The van der Waals surface area contributed by atoms with Gasteiger partial charge in [0.2, 0.25) is 10.0 Å². The van der Waals surface area contributed by atoms with Crippen molar-refractivity contribution in [2.24, 2.45) is 5.14 Å². The first-order valence-corrected chi connectivity index (χ1v) is 7.63. The zero-order valence-corrected chi connectivity index (χ0v) is 11.0. The molecule has 1 aromatic carbocycles.